The number of rotatable bonds is 1. The molecule has 0 aliphatic carbocycles. The predicted octanol–water partition coefficient (Wildman–Crippen LogP) is 0.847. The van der Waals surface area contributed by atoms with E-state index in [1.54, 1.807) is 0 Å². The first kappa shape index (κ1) is 17.7. The molecule has 0 radical (unpaired) electrons. The van der Waals surface area contributed by atoms with Gasteiger partial charge in [0.1, 0.15) is 6.04 Å². The van der Waals surface area contributed by atoms with Gasteiger partial charge in [0.25, 0.3) is 0 Å². The Kier molecular flexibility index (Phi) is 5.02. The number of primary amides is 1. The third-order valence-electron chi connectivity index (χ3n) is 4.47. The summed E-state index contributed by atoms with van der Waals surface area (Å²) < 4.78 is 0. The van der Waals surface area contributed by atoms with Crippen molar-refractivity contribution in [1.82, 2.24) is 10.6 Å². The number of nitrogens with two attached hydrogens (primary N) is 1. The lowest BCUT2D eigenvalue weighted by molar-refractivity contribution is -0.128. The van der Waals surface area contributed by atoms with E-state index in [1.165, 1.54) is 0 Å². The van der Waals surface area contributed by atoms with E-state index in [0.717, 1.165) is 27.8 Å². The highest BCUT2D eigenvalue weighted by Crippen LogP contribution is 2.26. The second-order valence-electron chi connectivity index (χ2n) is 6.53. The van der Waals surface area contributed by atoms with Crippen LogP contribution in [0.15, 0.2) is 42.5 Å². The maximum Gasteiger partial charge on any atom is 0.240 e. The summed E-state index contributed by atoms with van der Waals surface area (Å²) in [6, 6.07) is 12.8. The Morgan fingerprint density at radius 3 is 2.65 bits per heavy atom. The first-order valence-corrected chi connectivity index (χ1v) is 8.46. The SMILES string of the molecule is Cc1ccc2cc1-c1cccc(c1)CC(=O)NCC(=O)NC(C(N)=O)C2. The minimum Gasteiger partial charge on any atom is -0.368 e. The van der Waals surface area contributed by atoms with Crippen molar-refractivity contribution in [1.29, 1.82) is 0 Å². The summed E-state index contributed by atoms with van der Waals surface area (Å²) in [6.07, 6.45) is 0.473. The van der Waals surface area contributed by atoms with Crippen LogP contribution in [0.2, 0.25) is 0 Å². The van der Waals surface area contributed by atoms with Crippen molar-refractivity contribution >= 4 is 17.7 Å². The first-order chi connectivity index (χ1) is 12.4. The third-order valence-corrected chi connectivity index (χ3v) is 4.47. The van der Waals surface area contributed by atoms with Crippen molar-refractivity contribution in [3.8, 4) is 11.1 Å². The fraction of sp³-hybridized carbons (Fsp3) is 0.250. The topological polar surface area (TPSA) is 101 Å². The van der Waals surface area contributed by atoms with E-state index in [4.69, 9.17) is 5.73 Å². The molecule has 2 aromatic rings. The second-order valence-corrected chi connectivity index (χ2v) is 6.53. The minimum atomic E-state index is -0.829. The number of hydrogen-bond acceptors (Lipinski definition) is 3. The molecule has 0 fully saturated rings. The van der Waals surface area contributed by atoms with Crippen LogP contribution in [0.25, 0.3) is 11.1 Å². The summed E-state index contributed by atoms with van der Waals surface area (Å²) in [4.78, 5) is 35.8. The molecule has 1 aliphatic heterocycles. The molecule has 134 valence electrons. The number of carbonyl (C=O) groups excluding carboxylic acids is 3. The zero-order valence-corrected chi connectivity index (χ0v) is 14.5. The Morgan fingerprint density at radius 2 is 1.88 bits per heavy atom. The molecular formula is C20H21N3O3. The minimum absolute atomic E-state index is 0.180. The van der Waals surface area contributed by atoms with Crippen LogP contribution in [0.5, 0.6) is 0 Å². The van der Waals surface area contributed by atoms with Crippen LogP contribution in [0.1, 0.15) is 16.7 Å². The van der Waals surface area contributed by atoms with Crippen molar-refractivity contribution in [3.05, 3.63) is 59.2 Å². The monoisotopic (exact) mass is 351 g/mol. The van der Waals surface area contributed by atoms with Gasteiger partial charge in [-0.05, 0) is 34.7 Å². The third kappa shape index (κ3) is 4.08. The number of hydrogen-bond donors (Lipinski definition) is 3. The van der Waals surface area contributed by atoms with Gasteiger partial charge in [-0.3, -0.25) is 14.4 Å². The van der Waals surface area contributed by atoms with E-state index in [-0.39, 0.29) is 18.9 Å². The maximum atomic E-state index is 12.1. The Morgan fingerprint density at radius 1 is 1.08 bits per heavy atom. The average Bonchev–Trinajstić information content (AvgIpc) is 2.60. The van der Waals surface area contributed by atoms with Crippen LogP contribution >= 0.6 is 0 Å². The van der Waals surface area contributed by atoms with Gasteiger partial charge in [0.15, 0.2) is 0 Å². The molecule has 1 atom stereocenters. The van der Waals surface area contributed by atoms with Crippen LogP contribution in [0, 0.1) is 6.92 Å². The lowest BCUT2D eigenvalue weighted by Crippen LogP contribution is -2.49. The van der Waals surface area contributed by atoms with Crippen molar-refractivity contribution < 1.29 is 14.4 Å². The summed E-state index contributed by atoms with van der Waals surface area (Å²) in [7, 11) is 0. The van der Waals surface area contributed by atoms with Crippen molar-refractivity contribution in [3.63, 3.8) is 0 Å². The van der Waals surface area contributed by atoms with Gasteiger partial charge in [0, 0.05) is 6.42 Å². The first-order valence-electron chi connectivity index (χ1n) is 8.46. The molecule has 0 spiro atoms. The number of carbonyl (C=O) groups is 3. The Hall–Kier alpha value is -3.15. The number of nitrogens with one attached hydrogen (secondary N) is 2. The fourth-order valence-electron chi connectivity index (χ4n) is 3.09. The van der Waals surface area contributed by atoms with E-state index < -0.39 is 17.9 Å². The lowest BCUT2D eigenvalue weighted by atomic mass is 9.94. The highest BCUT2D eigenvalue weighted by atomic mass is 16.2. The van der Waals surface area contributed by atoms with E-state index in [0.29, 0.717) is 6.42 Å². The average molecular weight is 351 g/mol. The summed E-state index contributed by atoms with van der Waals surface area (Å²) in [5.41, 5.74) is 10.3. The van der Waals surface area contributed by atoms with Gasteiger partial charge >= 0.3 is 0 Å². The molecule has 1 aliphatic rings. The lowest BCUT2D eigenvalue weighted by Gasteiger charge is -2.18. The summed E-state index contributed by atoms with van der Waals surface area (Å²) in [5.74, 6) is -1.31. The molecule has 3 rings (SSSR count). The van der Waals surface area contributed by atoms with Crippen molar-refractivity contribution in [2.45, 2.75) is 25.8 Å². The fourth-order valence-corrected chi connectivity index (χ4v) is 3.09. The van der Waals surface area contributed by atoms with Gasteiger partial charge in [-0.1, -0.05) is 42.5 Å². The molecule has 6 heteroatoms. The molecule has 3 amide bonds. The van der Waals surface area contributed by atoms with Gasteiger partial charge in [0.05, 0.1) is 13.0 Å². The largest absolute Gasteiger partial charge is 0.368 e. The molecular weight excluding hydrogens is 330 g/mol. The number of amides is 3. The smallest absolute Gasteiger partial charge is 0.240 e. The number of fused-ring (bicyclic) bond motifs is 5. The Balaban J connectivity index is 2.06. The van der Waals surface area contributed by atoms with Gasteiger partial charge in [-0.2, -0.15) is 0 Å². The molecule has 1 unspecified atom stereocenters. The molecule has 4 N–H and O–H groups in total. The highest BCUT2D eigenvalue weighted by molar-refractivity contribution is 5.90. The van der Waals surface area contributed by atoms with Crippen LogP contribution in [0.3, 0.4) is 0 Å². The van der Waals surface area contributed by atoms with Crippen molar-refractivity contribution in [2.24, 2.45) is 5.73 Å². The molecule has 0 saturated heterocycles. The second kappa shape index (κ2) is 7.39. The Bertz CT molecular complexity index is 876. The van der Waals surface area contributed by atoms with Gasteiger partial charge in [0.2, 0.25) is 17.7 Å². The standard InChI is InChI=1S/C20H21N3O3/c1-12-5-6-14-8-16(12)15-4-2-3-13(7-15)10-18(24)22-11-19(25)23-17(9-14)20(21)26/h2-8,17H,9-11H2,1H3,(H2,21,26)(H,22,24)(H,23,25). The summed E-state index contributed by atoms with van der Waals surface area (Å²) >= 11 is 0. The van der Waals surface area contributed by atoms with Crippen LogP contribution in [-0.4, -0.2) is 30.3 Å². The predicted molar refractivity (Wildman–Crippen MR) is 98.2 cm³/mol. The summed E-state index contributed by atoms with van der Waals surface area (Å²) in [5, 5.41) is 5.16. The van der Waals surface area contributed by atoms with E-state index in [1.807, 2.05) is 49.4 Å². The quantitative estimate of drug-likeness (QED) is 0.710. The van der Waals surface area contributed by atoms with Crippen molar-refractivity contribution in [2.75, 3.05) is 6.54 Å². The van der Waals surface area contributed by atoms with E-state index >= 15 is 0 Å². The molecule has 0 aromatic heterocycles. The molecule has 0 saturated carbocycles. The van der Waals surface area contributed by atoms with Gasteiger partial charge in [-0.25, -0.2) is 0 Å². The van der Waals surface area contributed by atoms with Crippen LogP contribution < -0.4 is 16.4 Å². The summed E-state index contributed by atoms with van der Waals surface area (Å²) in [6.45, 7) is 1.82. The number of benzene rings is 2. The van der Waals surface area contributed by atoms with Crippen LogP contribution in [-0.2, 0) is 27.2 Å². The molecule has 4 bridgehead atoms. The van der Waals surface area contributed by atoms with E-state index in [9.17, 15) is 14.4 Å². The zero-order chi connectivity index (χ0) is 18.7. The normalized spacial score (nSPS) is 17.7. The number of aryl methyl sites for hydroxylation is 1. The molecule has 1 heterocycles. The molecule has 2 aromatic carbocycles. The van der Waals surface area contributed by atoms with Gasteiger partial charge in [-0.15, -0.1) is 0 Å². The zero-order valence-electron chi connectivity index (χ0n) is 14.5. The maximum absolute atomic E-state index is 12.1. The Labute approximate surface area is 151 Å². The van der Waals surface area contributed by atoms with Gasteiger partial charge < -0.3 is 16.4 Å². The van der Waals surface area contributed by atoms with E-state index in [2.05, 4.69) is 10.6 Å². The molecule has 26 heavy (non-hydrogen) atoms. The highest BCUT2D eigenvalue weighted by Gasteiger charge is 2.20. The molecule has 6 nitrogen and oxygen atoms in total. The van der Waals surface area contributed by atoms with Crippen LogP contribution in [0.4, 0.5) is 0 Å².